The Morgan fingerprint density at radius 3 is 2.53 bits per heavy atom. The number of thioether (sulfide) groups is 1. The Labute approximate surface area is 176 Å². The molecule has 30 heavy (non-hydrogen) atoms. The molecule has 10 heteroatoms. The van der Waals surface area contributed by atoms with Crippen molar-refractivity contribution in [1.82, 2.24) is 20.0 Å². The van der Waals surface area contributed by atoms with Crippen LogP contribution < -0.4 is 4.90 Å². The minimum absolute atomic E-state index is 0.228. The van der Waals surface area contributed by atoms with E-state index in [-0.39, 0.29) is 5.91 Å². The lowest BCUT2D eigenvalue weighted by atomic mass is 10.1. The van der Waals surface area contributed by atoms with E-state index in [0.717, 1.165) is 11.4 Å². The molecular weight excluding hydrogens is 412 g/mol. The van der Waals surface area contributed by atoms with Crippen LogP contribution in [-0.2, 0) is 0 Å². The zero-order valence-electron chi connectivity index (χ0n) is 16.2. The average molecular weight is 431 g/mol. The molecule has 4 rings (SSSR count). The number of carbonyl (C=O) groups excluding carboxylic acids is 1. The minimum atomic E-state index is -2.57. The lowest BCUT2D eigenvalue weighted by Crippen LogP contribution is -2.49. The molecule has 1 aromatic carbocycles. The fourth-order valence-corrected chi connectivity index (χ4v) is 3.90. The number of halogens is 2. The van der Waals surface area contributed by atoms with E-state index in [1.807, 2.05) is 12.1 Å². The van der Waals surface area contributed by atoms with Gasteiger partial charge in [0.2, 0.25) is 11.7 Å². The summed E-state index contributed by atoms with van der Waals surface area (Å²) in [6.07, 6.45) is 1.69. The number of nitrogens with zero attached hydrogens (tertiary/aromatic N) is 5. The maximum Gasteiger partial charge on any atom is 0.288 e. The first kappa shape index (κ1) is 20.3. The van der Waals surface area contributed by atoms with Gasteiger partial charge in [-0.05, 0) is 24.3 Å². The minimum Gasteiger partial charge on any atom is -0.353 e. The van der Waals surface area contributed by atoms with Gasteiger partial charge in [-0.3, -0.25) is 4.79 Å². The molecular formula is C20H19F2N5O2S. The number of hydrogen-bond donors (Lipinski definition) is 0. The van der Waals surface area contributed by atoms with Crippen molar-refractivity contribution in [2.75, 3.05) is 31.1 Å². The van der Waals surface area contributed by atoms with Gasteiger partial charge in [0, 0.05) is 49.8 Å². The van der Waals surface area contributed by atoms with Crippen LogP contribution in [0.3, 0.4) is 0 Å². The largest absolute Gasteiger partial charge is 0.353 e. The van der Waals surface area contributed by atoms with Crippen LogP contribution in [0.2, 0.25) is 0 Å². The fourth-order valence-electron chi connectivity index (χ4n) is 3.27. The number of anilines is 1. The Bertz CT molecular complexity index is 1020. The smallest absolute Gasteiger partial charge is 0.288 e. The van der Waals surface area contributed by atoms with E-state index in [9.17, 15) is 13.6 Å². The van der Waals surface area contributed by atoms with Crippen LogP contribution in [0, 0.1) is 6.92 Å². The molecule has 0 atom stereocenters. The zero-order chi connectivity index (χ0) is 21.1. The summed E-state index contributed by atoms with van der Waals surface area (Å²) < 4.78 is 30.6. The van der Waals surface area contributed by atoms with Gasteiger partial charge in [0.15, 0.2) is 0 Å². The highest BCUT2D eigenvalue weighted by Gasteiger charge is 2.25. The Morgan fingerprint density at radius 1 is 1.13 bits per heavy atom. The topological polar surface area (TPSA) is 75.4 Å². The molecule has 0 unspecified atom stereocenters. The second-order valence-electron chi connectivity index (χ2n) is 6.70. The predicted molar refractivity (Wildman–Crippen MR) is 109 cm³/mol. The number of aryl methyl sites for hydroxylation is 1. The summed E-state index contributed by atoms with van der Waals surface area (Å²) in [7, 11) is 0. The first-order chi connectivity index (χ1) is 14.5. The average Bonchev–Trinajstić information content (AvgIpc) is 3.20. The van der Waals surface area contributed by atoms with Crippen molar-refractivity contribution in [2.24, 2.45) is 0 Å². The van der Waals surface area contributed by atoms with Crippen molar-refractivity contribution in [3.8, 4) is 11.4 Å². The first-order valence-electron chi connectivity index (χ1n) is 9.36. The van der Waals surface area contributed by atoms with E-state index in [2.05, 4.69) is 20.0 Å². The normalized spacial score (nSPS) is 14.4. The molecule has 1 aliphatic heterocycles. The quantitative estimate of drug-likeness (QED) is 0.570. The molecule has 3 aromatic rings. The van der Waals surface area contributed by atoms with Crippen LogP contribution in [-0.4, -0.2) is 57.9 Å². The number of rotatable bonds is 5. The molecule has 1 aliphatic rings. The maximum absolute atomic E-state index is 12.9. The third-order valence-electron chi connectivity index (χ3n) is 4.76. The predicted octanol–water partition coefficient (Wildman–Crippen LogP) is 3.72. The van der Waals surface area contributed by atoms with Crippen molar-refractivity contribution in [3.63, 3.8) is 0 Å². The number of aromatic nitrogens is 3. The van der Waals surface area contributed by atoms with Gasteiger partial charge >= 0.3 is 0 Å². The van der Waals surface area contributed by atoms with Crippen LogP contribution in [0.25, 0.3) is 11.4 Å². The Balaban J connectivity index is 1.40. The van der Waals surface area contributed by atoms with E-state index in [1.54, 1.807) is 42.3 Å². The second kappa shape index (κ2) is 8.78. The highest BCUT2D eigenvalue weighted by molar-refractivity contribution is 7.99. The van der Waals surface area contributed by atoms with E-state index in [0.29, 0.717) is 60.1 Å². The third kappa shape index (κ3) is 4.43. The van der Waals surface area contributed by atoms with E-state index in [1.165, 1.54) is 0 Å². The van der Waals surface area contributed by atoms with Crippen molar-refractivity contribution in [1.29, 1.82) is 0 Å². The lowest BCUT2D eigenvalue weighted by Gasteiger charge is -2.35. The van der Waals surface area contributed by atoms with Crippen molar-refractivity contribution >= 4 is 23.5 Å². The van der Waals surface area contributed by atoms with Gasteiger partial charge in [0.1, 0.15) is 5.82 Å². The number of piperazine rings is 1. The van der Waals surface area contributed by atoms with Crippen LogP contribution in [0.15, 0.2) is 52.0 Å². The number of carbonyl (C=O) groups is 1. The number of benzene rings is 1. The van der Waals surface area contributed by atoms with Crippen LogP contribution in [0.1, 0.15) is 16.2 Å². The summed E-state index contributed by atoms with van der Waals surface area (Å²) in [4.78, 5) is 25.6. The van der Waals surface area contributed by atoms with Gasteiger partial charge in [0.05, 0.1) is 5.56 Å². The monoisotopic (exact) mass is 431 g/mol. The zero-order valence-corrected chi connectivity index (χ0v) is 17.0. The SMILES string of the molecule is Cc1nc(-c2ccc(N3CCN(C(=O)c4ccccc4SC(F)F)CC3)nc2)no1. The molecule has 0 saturated carbocycles. The van der Waals surface area contributed by atoms with Gasteiger partial charge < -0.3 is 14.3 Å². The summed E-state index contributed by atoms with van der Waals surface area (Å²) >= 11 is 0.398. The molecule has 0 N–H and O–H groups in total. The van der Waals surface area contributed by atoms with Gasteiger partial charge in [-0.15, -0.1) is 0 Å². The number of alkyl halides is 2. The highest BCUT2D eigenvalue weighted by atomic mass is 32.2. The standard InChI is InChI=1S/C20H19F2N5O2S/c1-13-24-18(25-29-13)14-6-7-17(23-12-14)26-8-10-27(11-9-26)19(28)15-4-2-3-5-16(15)30-20(21)22/h2-7,12,20H,8-11H2,1H3. The number of hydrogen-bond acceptors (Lipinski definition) is 7. The van der Waals surface area contributed by atoms with Gasteiger partial charge in [-0.25, -0.2) is 4.98 Å². The van der Waals surface area contributed by atoms with Crippen molar-refractivity contribution in [3.05, 3.63) is 54.0 Å². The summed E-state index contributed by atoms with van der Waals surface area (Å²) in [6.45, 7) is 3.90. The van der Waals surface area contributed by atoms with Crippen molar-refractivity contribution in [2.45, 2.75) is 17.6 Å². The fraction of sp³-hybridized carbons (Fsp3) is 0.300. The Hall–Kier alpha value is -3.01. The molecule has 2 aromatic heterocycles. The Kier molecular flexibility index (Phi) is 5.93. The van der Waals surface area contributed by atoms with Crippen LogP contribution >= 0.6 is 11.8 Å². The summed E-state index contributed by atoms with van der Waals surface area (Å²) in [5.41, 5.74) is 1.08. The number of amides is 1. The first-order valence-corrected chi connectivity index (χ1v) is 10.2. The van der Waals surface area contributed by atoms with Crippen LogP contribution in [0.5, 0.6) is 0 Å². The van der Waals surface area contributed by atoms with Gasteiger partial charge in [-0.1, -0.05) is 29.1 Å². The molecule has 3 heterocycles. The molecule has 1 saturated heterocycles. The third-order valence-corrected chi connectivity index (χ3v) is 5.55. The molecule has 1 amide bonds. The van der Waals surface area contributed by atoms with Gasteiger partial charge in [-0.2, -0.15) is 13.8 Å². The molecule has 0 radical (unpaired) electrons. The summed E-state index contributed by atoms with van der Waals surface area (Å²) in [6, 6.07) is 10.3. The molecule has 0 aliphatic carbocycles. The van der Waals surface area contributed by atoms with E-state index < -0.39 is 5.76 Å². The molecule has 156 valence electrons. The lowest BCUT2D eigenvalue weighted by molar-refractivity contribution is 0.0743. The highest BCUT2D eigenvalue weighted by Crippen LogP contribution is 2.29. The molecule has 7 nitrogen and oxygen atoms in total. The van der Waals surface area contributed by atoms with E-state index >= 15 is 0 Å². The number of pyridine rings is 1. The summed E-state index contributed by atoms with van der Waals surface area (Å²) in [5, 5.41) is 3.88. The van der Waals surface area contributed by atoms with Crippen molar-refractivity contribution < 1.29 is 18.1 Å². The molecule has 0 bridgehead atoms. The second-order valence-corrected chi connectivity index (χ2v) is 7.73. The van der Waals surface area contributed by atoms with Gasteiger partial charge in [0.25, 0.3) is 11.7 Å². The molecule has 1 fully saturated rings. The molecule has 0 spiro atoms. The van der Waals surface area contributed by atoms with Crippen LogP contribution in [0.4, 0.5) is 14.6 Å². The summed E-state index contributed by atoms with van der Waals surface area (Å²) in [5.74, 6) is -1.03. The maximum atomic E-state index is 12.9. The Morgan fingerprint density at radius 2 is 1.90 bits per heavy atom. The van der Waals surface area contributed by atoms with E-state index in [4.69, 9.17) is 4.52 Å².